The van der Waals surface area contributed by atoms with Crippen LogP contribution in [0.3, 0.4) is 0 Å². The number of rotatable bonds is 4. The van der Waals surface area contributed by atoms with Crippen molar-refractivity contribution in [1.82, 2.24) is 0 Å². The van der Waals surface area contributed by atoms with Crippen molar-refractivity contribution in [3.8, 4) is 0 Å². The Bertz CT molecular complexity index is 187. The molecule has 0 aliphatic carbocycles. The lowest BCUT2D eigenvalue weighted by molar-refractivity contribution is -0.139. The maximum atomic E-state index is 10.4. The molecule has 0 spiro atoms. The van der Waals surface area contributed by atoms with Crippen molar-refractivity contribution in [3.05, 3.63) is 0 Å². The molecule has 0 aromatic carbocycles. The van der Waals surface area contributed by atoms with Gasteiger partial charge in [-0.15, -0.1) is 0 Å². The van der Waals surface area contributed by atoms with Gasteiger partial charge in [-0.1, -0.05) is 13.8 Å². The van der Waals surface area contributed by atoms with Gasteiger partial charge < -0.3 is 14.9 Å². The first kappa shape index (κ1) is 9.48. The van der Waals surface area contributed by atoms with Crippen molar-refractivity contribution < 1.29 is 19.7 Å². The maximum absolute atomic E-state index is 10.4. The predicted octanol–water partition coefficient (Wildman–Crippen LogP) is 0.595. The van der Waals surface area contributed by atoms with Gasteiger partial charge in [0.2, 0.25) is 0 Å². The monoisotopic (exact) mass is 174 g/mol. The molecular weight excluding hydrogens is 160 g/mol. The Morgan fingerprint density at radius 3 is 2.42 bits per heavy atom. The Morgan fingerprint density at radius 1 is 1.58 bits per heavy atom. The van der Waals surface area contributed by atoms with Crippen LogP contribution in [0.4, 0.5) is 0 Å². The smallest absolute Gasteiger partial charge is 0.303 e. The molecule has 0 aromatic heterocycles. The van der Waals surface area contributed by atoms with Crippen molar-refractivity contribution in [2.45, 2.75) is 39.1 Å². The van der Waals surface area contributed by atoms with E-state index < -0.39 is 12.3 Å². The fraction of sp³-hybridized carbons (Fsp3) is 0.875. The highest BCUT2D eigenvalue weighted by Gasteiger charge is 2.41. The molecule has 2 unspecified atom stereocenters. The first-order chi connectivity index (χ1) is 5.41. The van der Waals surface area contributed by atoms with Crippen molar-refractivity contribution in [2.24, 2.45) is 5.41 Å². The molecule has 70 valence electrons. The Balaban J connectivity index is 2.32. The van der Waals surface area contributed by atoms with Crippen molar-refractivity contribution in [2.75, 3.05) is 0 Å². The number of hydrogen-bond acceptors (Lipinski definition) is 3. The molecule has 4 heteroatoms. The molecule has 2 N–H and O–H groups in total. The van der Waals surface area contributed by atoms with Crippen LogP contribution in [0.5, 0.6) is 0 Å². The minimum absolute atomic E-state index is 0.111. The van der Waals surface area contributed by atoms with Crippen LogP contribution in [0.2, 0.25) is 0 Å². The van der Waals surface area contributed by atoms with E-state index in [1.807, 2.05) is 13.8 Å². The van der Waals surface area contributed by atoms with E-state index in [9.17, 15) is 4.79 Å². The lowest BCUT2D eigenvalue weighted by atomic mass is 9.84. The third kappa shape index (κ3) is 2.79. The maximum Gasteiger partial charge on any atom is 0.303 e. The fourth-order valence-corrected chi connectivity index (χ4v) is 1.31. The zero-order valence-electron chi connectivity index (χ0n) is 7.28. The lowest BCUT2D eigenvalue weighted by Crippen LogP contribution is -2.19. The van der Waals surface area contributed by atoms with E-state index in [2.05, 4.69) is 0 Å². The van der Waals surface area contributed by atoms with Crippen molar-refractivity contribution >= 4 is 5.97 Å². The van der Waals surface area contributed by atoms with Gasteiger partial charge in [-0.05, 0) is 11.8 Å². The van der Waals surface area contributed by atoms with E-state index in [1.54, 1.807) is 0 Å². The first-order valence-corrected chi connectivity index (χ1v) is 3.96. The third-order valence-electron chi connectivity index (χ3n) is 1.94. The van der Waals surface area contributed by atoms with Crippen LogP contribution in [0.15, 0.2) is 0 Å². The summed E-state index contributed by atoms with van der Waals surface area (Å²) in [5.74, 6) is -0.810. The Morgan fingerprint density at radius 2 is 2.08 bits per heavy atom. The highest BCUT2D eigenvalue weighted by atomic mass is 16.7. The zero-order valence-corrected chi connectivity index (χ0v) is 7.28. The molecule has 1 aliphatic rings. The van der Waals surface area contributed by atoms with E-state index in [0.717, 1.165) is 0 Å². The second-order valence-corrected chi connectivity index (χ2v) is 4.00. The van der Waals surface area contributed by atoms with E-state index in [4.69, 9.17) is 14.9 Å². The van der Waals surface area contributed by atoms with Gasteiger partial charge in [0, 0.05) is 0 Å². The number of aliphatic hydroxyl groups is 1. The van der Waals surface area contributed by atoms with Crippen LogP contribution in [-0.2, 0) is 9.53 Å². The molecule has 0 radical (unpaired) electrons. The summed E-state index contributed by atoms with van der Waals surface area (Å²) in [5.41, 5.74) is -0.298. The summed E-state index contributed by atoms with van der Waals surface area (Å²) in [4.78, 5) is 10.4. The van der Waals surface area contributed by atoms with Crippen LogP contribution in [0.1, 0.15) is 26.7 Å². The molecule has 0 saturated carbocycles. The number of aliphatic carboxylic acids is 1. The molecule has 0 aromatic rings. The Kier molecular flexibility index (Phi) is 2.39. The average Bonchev–Trinajstić information content (AvgIpc) is 2.40. The number of epoxide rings is 1. The Labute approximate surface area is 71.2 Å². The van der Waals surface area contributed by atoms with Crippen LogP contribution >= 0.6 is 0 Å². The van der Waals surface area contributed by atoms with Crippen LogP contribution < -0.4 is 0 Å². The van der Waals surface area contributed by atoms with Gasteiger partial charge in [0.1, 0.15) is 6.10 Å². The highest BCUT2D eigenvalue weighted by Crippen LogP contribution is 2.35. The summed E-state index contributed by atoms with van der Waals surface area (Å²) < 4.78 is 4.80. The molecule has 1 heterocycles. The molecule has 1 rings (SSSR count). The Hall–Kier alpha value is -0.610. The molecule has 2 atom stereocenters. The van der Waals surface area contributed by atoms with E-state index >= 15 is 0 Å². The molecule has 1 aliphatic heterocycles. The summed E-state index contributed by atoms with van der Waals surface area (Å²) in [5, 5.41) is 17.4. The molecule has 1 fully saturated rings. The number of aliphatic hydroxyl groups excluding tert-OH is 1. The molecule has 12 heavy (non-hydrogen) atoms. The minimum Gasteiger partial charge on any atom is -0.481 e. The minimum atomic E-state index is -0.810. The normalized spacial score (nSPS) is 28.6. The SMILES string of the molecule is CC(C)(CC(=O)O)CC1OC1O. The summed E-state index contributed by atoms with van der Waals surface area (Å²) in [6.45, 7) is 3.71. The summed E-state index contributed by atoms with van der Waals surface area (Å²) in [7, 11) is 0. The van der Waals surface area contributed by atoms with Gasteiger partial charge in [-0.25, -0.2) is 0 Å². The summed E-state index contributed by atoms with van der Waals surface area (Å²) in [6.07, 6.45) is -0.113. The van der Waals surface area contributed by atoms with Crippen molar-refractivity contribution in [1.29, 1.82) is 0 Å². The molecule has 4 nitrogen and oxygen atoms in total. The second kappa shape index (κ2) is 3.03. The van der Waals surface area contributed by atoms with Gasteiger partial charge in [0.15, 0.2) is 6.29 Å². The topological polar surface area (TPSA) is 70.1 Å². The molecule has 1 saturated heterocycles. The number of hydrogen-bond donors (Lipinski definition) is 2. The van der Waals surface area contributed by atoms with E-state index in [0.29, 0.717) is 6.42 Å². The van der Waals surface area contributed by atoms with Gasteiger partial charge in [-0.3, -0.25) is 4.79 Å². The fourth-order valence-electron chi connectivity index (χ4n) is 1.31. The predicted molar refractivity (Wildman–Crippen MR) is 41.5 cm³/mol. The van der Waals surface area contributed by atoms with Crippen LogP contribution in [-0.4, -0.2) is 28.6 Å². The third-order valence-corrected chi connectivity index (χ3v) is 1.94. The van der Waals surface area contributed by atoms with Gasteiger partial charge in [-0.2, -0.15) is 0 Å². The van der Waals surface area contributed by atoms with E-state index in [-0.39, 0.29) is 17.9 Å². The number of ether oxygens (including phenoxy) is 1. The number of carbonyl (C=O) groups is 1. The number of carboxylic acid groups (broad SMARTS) is 1. The number of carboxylic acids is 1. The molecule has 0 bridgehead atoms. The van der Waals surface area contributed by atoms with Gasteiger partial charge in [0.05, 0.1) is 6.42 Å². The van der Waals surface area contributed by atoms with E-state index in [1.165, 1.54) is 0 Å². The van der Waals surface area contributed by atoms with Gasteiger partial charge in [0.25, 0.3) is 0 Å². The molecular formula is C8H14O4. The quantitative estimate of drug-likeness (QED) is 0.612. The summed E-state index contributed by atoms with van der Waals surface area (Å²) >= 11 is 0. The van der Waals surface area contributed by atoms with Crippen molar-refractivity contribution in [3.63, 3.8) is 0 Å². The van der Waals surface area contributed by atoms with Crippen LogP contribution in [0, 0.1) is 5.41 Å². The van der Waals surface area contributed by atoms with Gasteiger partial charge >= 0.3 is 5.97 Å². The largest absolute Gasteiger partial charge is 0.481 e. The molecule has 0 amide bonds. The second-order valence-electron chi connectivity index (χ2n) is 4.00. The summed E-state index contributed by atoms with van der Waals surface area (Å²) in [6, 6.07) is 0. The standard InChI is InChI=1S/C8H14O4/c1-8(2,4-6(9)10)3-5-7(11)12-5/h5,7,11H,3-4H2,1-2H3,(H,9,10). The lowest BCUT2D eigenvalue weighted by Gasteiger charge is -2.20. The highest BCUT2D eigenvalue weighted by molar-refractivity contribution is 5.67. The first-order valence-electron chi connectivity index (χ1n) is 3.96. The zero-order chi connectivity index (χ0) is 9.35. The van der Waals surface area contributed by atoms with Crippen LogP contribution in [0.25, 0.3) is 0 Å². The average molecular weight is 174 g/mol.